The maximum absolute atomic E-state index is 13.0. The van der Waals surface area contributed by atoms with Crippen molar-refractivity contribution in [3.05, 3.63) is 52.5 Å². The predicted molar refractivity (Wildman–Crippen MR) is 133 cm³/mol. The Labute approximate surface area is 198 Å². The number of hydrogen-bond donors (Lipinski definition) is 3. The van der Waals surface area contributed by atoms with E-state index in [1.807, 2.05) is 43.3 Å². The van der Waals surface area contributed by atoms with Crippen molar-refractivity contribution < 1.29 is 14.3 Å². The maximum Gasteiger partial charge on any atom is 0.323 e. The summed E-state index contributed by atoms with van der Waals surface area (Å²) in [5.74, 6) is -0.140. The molecular weight excluding hydrogens is 472 g/mol. The van der Waals surface area contributed by atoms with E-state index in [-0.39, 0.29) is 11.9 Å². The second-order valence-electron chi connectivity index (χ2n) is 7.67. The lowest BCUT2D eigenvalue weighted by Crippen LogP contribution is -2.33. The molecule has 0 aromatic heterocycles. The molecule has 3 N–H and O–H groups in total. The fraction of sp³-hybridized carbons (Fsp3) is 0.417. The summed E-state index contributed by atoms with van der Waals surface area (Å²) in [7, 11) is 0. The molecule has 1 fully saturated rings. The van der Waals surface area contributed by atoms with Crippen molar-refractivity contribution in [2.45, 2.75) is 32.6 Å². The first kappa shape index (κ1) is 24.1. The van der Waals surface area contributed by atoms with Crippen LogP contribution in [-0.4, -0.2) is 44.8 Å². The zero-order valence-corrected chi connectivity index (χ0v) is 20.0. The lowest BCUT2D eigenvalue weighted by Gasteiger charge is -2.30. The van der Waals surface area contributed by atoms with E-state index in [1.54, 1.807) is 6.07 Å². The van der Waals surface area contributed by atoms with E-state index < -0.39 is 0 Å². The molecule has 1 aliphatic heterocycles. The normalized spacial score (nSPS) is 13.5. The number of nitrogens with zero attached hydrogens (tertiary/aromatic N) is 1. The molecule has 7 nitrogen and oxygen atoms in total. The average Bonchev–Trinajstić information content (AvgIpc) is 2.81. The van der Waals surface area contributed by atoms with Crippen molar-refractivity contribution in [3.63, 3.8) is 0 Å². The fourth-order valence-electron chi connectivity index (χ4n) is 3.65. The topological polar surface area (TPSA) is 82.7 Å². The molecule has 0 atom stereocenters. The molecular formula is C24H31BrN4O3. The van der Waals surface area contributed by atoms with Gasteiger partial charge in [-0.25, -0.2) is 4.79 Å². The van der Waals surface area contributed by atoms with Crippen LogP contribution in [0, 0.1) is 0 Å². The monoisotopic (exact) mass is 502 g/mol. The van der Waals surface area contributed by atoms with Gasteiger partial charge in [-0.2, -0.15) is 0 Å². The third-order valence-electron chi connectivity index (χ3n) is 5.25. The van der Waals surface area contributed by atoms with Crippen LogP contribution < -0.4 is 20.9 Å². The van der Waals surface area contributed by atoms with E-state index >= 15 is 0 Å². The summed E-state index contributed by atoms with van der Waals surface area (Å²) in [6.45, 7) is 5.65. The van der Waals surface area contributed by atoms with Gasteiger partial charge in [-0.05, 0) is 75.1 Å². The molecule has 0 radical (unpaired) electrons. The van der Waals surface area contributed by atoms with Gasteiger partial charge in [0.05, 0.1) is 5.56 Å². The van der Waals surface area contributed by atoms with Gasteiger partial charge in [0.15, 0.2) is 0 Å². The molecule has 8 heteroatoms. The quantitative estimate of drug-likeness (QED) is 0.409. The number of carbonyl (C=O) groups excluding carboxylic acids is 2. The van der Waals surface area contributed by atoms with E-state index in [1.165, 1.54) is 6.42 Å². The highest BCUT2D eigenvalue weighted by molar-refractivity contribution is 9.10. The first-order valence-corrected chi connectivity index (χ1v) is 11.9. The summed E-state index contributed by atoms with van der Waals surface area (Å²) < 4.78 is 6.28. The minimum Gasteiger partial charge on any atom is -0.382 e. The largest absolute Gasteiger partial charge is 0.382 e. The Morgan fingerprint density at radius 1 is 1.00 bits per heavy atom. The van der Waals surface area contributed by atoms with E-state index in [0.29, 0.717) is 36.7 Å². The number of anilines is 3. The van der Waals surface area contributed by atoms with E-state index in [0.717, 1.165) is 42.5 Å². The molecule has 0 bridgehead atoms. The number of hydrogen-bond acceptors (Lipinski definition) is 4. The summed E-state index contributed by atoms with van der Waals surface area (Å²) in [5, 5.41) is 8.62. The van der Waals surface area contributed by atoms with Gasteiger partial charge in [-0.3, -0.25) is 4.79 Å². The predicted octanol–water partition coefficient (Wildman–Crippen LogP) is 5.24. The Bertz CT molecular complexity index is 899. The van der Waals surface area contributed by atoms with Gasteiger partial charge in [0.25, 0.3) is 5.91 Å². The van der Waals surface area contributed by atoms with Crippen molar-refractivity contribution in [2.75, 3.05) is 48.4 Å². The molecule has 3 amide bonds. The van der Waals surface area contributed by atoms with Gasteiger partial charge in [-0.1, -0.05) is 15.9 Å². The summed E-state index contributed by atoms with van der Waals surface area (Å²) in [6, 6.07) is 12.5. The van der Waals surface area contributed by atoms with Crippen molar-refractivity contribution >= 4 is 44.9 Å². The second-order valence-corrected chi connectivity index (χ2v) is 8.59. The van der Waals surface area contributed by atoms with Crippen LogP contribution in [0.3, 0.4) is 0 Å². The molecule has 0 spiro atoms. The fourth-order valence-corrected chi connectivity index (χ4v) is 3.91. The van der Waals surface area contributed by atoms with Gasteiger partial charge in [0.1, 0.15) is 0 Å². The third-order valence-corrected chi connectivity index (χ3v) is 5.78. The Morgan fingerprint density at radius 3 is 2.41 bits per heavy atom. The minimum atomic E-state index is -0.360. The molecule has 2 aromatic carbocycles. The number of rotatable bonds is 9. The van der Waals surface area contributed by atoms with Gasteiger partial charge in [0, 0.05) is 54.4 Å². The molecule has 1 heterocycles. The number of halogens is 1. The van der Waals surface area contributed by atoms with Crippen LogP contribution in [-0.2, 0) is 4.74 Å². The van der Waals surface area contributed by atoms with Crippen LogP contribution >= 0.6 is 15.9 Å². The Hall–Kier alpha value is -2.58. The molecule has 32 heavy (non-hydrogen) atoms. The molecule has 2 aromatic rings. The SMILES string of the molecule is CCOCCCNC(=O)c1cc(NC(=O)Nc2ccc(Br)cc2)ccc1N1CCCCC1. The molecule has 0 saturated carbocycles. The standard InChI is InChI=1S/C24H31BrN4O3/c1-2-32-16-6-13-26-23(30)21-17-20(11-12-22(21)29-14-4-3-5-15-29)28-24(31)27-19-9-7-18(25)8-10-19/h7-12,17H,2-6,13-16H2,1H3,(H,26,30)(H2,27,28,31). The lowest BCUT2D eigenvalue weighted by atomic mass is 10.1. The lowest BCUT2D eigenvalue weighted by molar-refractivity contribution is 0.0944. The number of piperidine rings is 1. The van der Waals surface area contributed by atoms with Crippen LogP contribution in [0.15, 0.2) is 46.9 Å². The van der Waals surface area contributed by atoms with Crippen LogP contribution in [0.4, 0.5) is 21.9 Å². The van der Waals surface area contributed by atoms with Crippen LogP contribution in [0.1, 0.15) is 43.0 Å². The van der Waals surface area contributed by atoms with Gasteiger partial charge < -0.3 is 25.6 Å². The van der Waals surface area contributed by atoms with Gasteiger partial charge in [-0.15, -0.1) is 0 Å². The Balaban J connectivity index is 1.70. The third kappa shape index (κ3) is 7.24. The van der Waals surface area contributed by atoms with Gasteiger partial charge >= 0.3 is 6.03 Å². The molecule has 0 aliphatic carbocycles. The maximum atomic E-state index is 13.0. The zero-order chi connectivity index (χ0) is 22.8. The number of benzene rings is 2. The smallest absolute Gasteiger partial charge is 0.323 e. The molecule has 3 rings (SSSR count). The molecule has 1 aliphatic rings. The number of ether oxygens (including phenoxy) is 1. The highest BCUT2D eigenvalue weighted by Gasteiger charge is 2.19. The van der Waals surface area contributed by atoms with Crippen LogP contribution in [0.2, 0.25) is 0 Å². The molecule has 1 saturated heterocycles. The first-order chi connectivity index (χ1) is 15.6. The number of urea groups is 1. The van der Waals surface area contributed by atoms with Crippen molar-refractivity contribution in [3.8, 4) is 0 Å². The molecule has 0 unspecified atom stereocenters. The van der Waals surface area contributed by atoms with Crippen LogP contribution in [0.25, 0.3) is 0 Å². The van der Waals surface area contributed by atoms with Crippen molar-refractivity contribution in [1.29, 1.82) is 0 Å². The molecule has 172 valence electrons. The van der Waals surface area contributed by atoms with Crippen molar-refractivity contribution in [1.82, 2.24) is 5.32 Å². The van der Waals surface area contributed by atoms with Crippen LogP contribution in [0.5, 0.6) is 0 Å². The zero-order valence-electron chi connectivity index (χ0n) is 18.5. The minimum absolute atomic E-state index is 0.140. The summed E-state index contributed by atoms with van der Waals surface area (Å²) in [6.07, 6.45) is 4.20. The van der Waals surface area contributed by atoms with E-state index in [9.17, 15) is 9.59 Å². The highest BCUT2D eigenvalue weighted by Crippen LogP contribution is 2.27. The van der Waals surface area contributed by atoms with E-state index in [4.69, 9.17) is 4.74 Å². The number of nitrogens with one attached hydrogen (secondary N) is 3. The number of carbonyl (C=O) groups is 2. The average molecular weight is 503 g/mol. The van der Waals surface area contributed by atoms with Gasteiger partial charge in [0.2, 0.25) is 0 Å². The Morgan fingerprint density at radius 2 is 1.69 bits per heavy atom. The van der Waals surface area contributed by atoms with Crippen molar-refractivity contribution in [2.24, 2.45) is 0 Å². The summed E-state index contributed by atoms with van der Waals surface area (Å²) >= 11 is 3.38. The van der Waals surface area contributed by atoms with E-state index in [2.05, 4.69) is 36.8 Å². The Kier molecular flexibility index (Phi) is 9.37. The highest BCUT2D eigenvalue weighted by atomic mass is 79.9. The summed E-state index contributed by atoms with van der Waals surface area (Å²) in [5.41, 5.74) is 2.73. The second kappa shape index (κ2) is 12.5. The summed E-state index contributed by atoms with van der Waals surface area (Å²) in [4.78, 5) is 27.7. The number of amides is 3. The first-order valence-electron chi connectivity index (χ1n) is 11.2.